The van der Waals surface area contributed by atoms with Crippen LogP contribution in [0.15, 0.2) is 17.0 Å². The summed E-state index contributed by atoms with van der Waals surface area (Å²) in [6.07, 6.45) is 0.512. The molecule has 24 heavy (non-hydrogen) atoms. The van der Waals surface area contributed by atoms with Gasteiger partial charge in [0.1, 0.15) is 10.6 Å². The van der Waals surface area contributed by atoms with Gasteiger partial charge < -0.3 is 19.5 Å². The molecule has 10 heteroatoms. The van der Waals surface area contributed by atoms with Crippen LogP contribution in [0.5, 0.6) is 5.75 Å². The van der Waals surface area contributed by atoms with Gasteiger partial charge in [-0.25, -0.2) is 13.1 Å². The van der Waals surface area contributed by atoms with Crippen molar-refractivity contribution in [1.82, 2.24) is 4.72 Å². The topological polar surface area (TPSA) is 103 Å². The van der Waals surface area contributed by atoms with Crippen LogP contribution >= 0.6 is 11.6 Å². The summed E-state index contributed by atoms with van der Waals surface area (Å²) in [5, 5.41) is 2.57. The zero-order valence-electron chi connectivity index (χ0n) is 13.1. The average Bonchev–Trinajstić information content (AvgIpc) is 2.53. The Labute approximate surface area is 145 Å². The maximum atomic E-state index is 12.3. The summed E-state index contributed by atoms with van der Waals surface area (Å²) in [6.45, 7) is 1.41. The standard InChI is InChI=1S/C14H19ClN2O6S/c1-21-5-6-22-4-2-3-16-24(19,20)13-8-12-11(7-10(13)15)17-14(18)9-23-12/h7-8,16H,2-6,9H2,1H3,(H,17,18). The van der Waals surface area contributed by atoms with Crippen LogP contribution in [-0.2, 0) is 24.3 Å². The number of rotatable bonds is 9. The molecule has 8 nitrogen and oxygen atoms in total. The van der Waals surface area contributed by atoms with Crippen LogP contribution < -0.4 is 14.8 Å². The van der Waals surface area contributed by atoms with E-state index in [-0.39, 0.29) is 34.7 Å². The minimum absolute atomic E-state index is 0.00314. The first-order valence-corrected chi connectivity index (χ1v) is 9.12. The van der Waals surface area contributed by atoms with Gasteiger partial charge in [0.05, 0.1) is 23.9 Å². The number of halogens is 1. The SMILES string of the molecule is COCCOCCCNS(=O)(=O)c1cc2c(cc1Cl)NC(=O)CO2. The number of nitrogens with one attached hydrogen (secondary N) is 2. The van der Waals surface area contributed by atoms with E-state index in [0.717, 1.165) is 0 Å². The lowest BCUT2D eigenvalue weighted by Crippen LogP contribution is -2.28. The van der Waals surface area contributed by atoms with Crippen molar-refractivity contribution >= 4 is 33.2 Å². The van der Waals surface area contributed by atoms with Crippen LogP contribution in [0.2, 0.25) is 5.02 Å². The molecular weight excluding hydrogens is 360 g/mol. The molecule has 0 radical (unpaired) electrons. The number of amides is 1. The fourth-order valence-corrected chi connectivity index (χ4v) is 3.60. The number of methoxy groups -OCH3 is 1. The lowest BCUT2D eigenvalue weighted by Gasteiger charge is -2.19. The van der Waals surface area contributed by atoms with E-state index < -0.39 is 10.0 Å². The van der Waals surface area contributed by atoms with E-state index >= 15 is 0 Å². The van der Waals surface area contributed by atoms with Crippen molar-refractivity contribution in [3.63, 3.8) is 0 Å². The second-order valence-electron chi connectivity index (χ2n) is 4.97. The van der Waals surface area contributed by atoms with Crippen LogP contribution in [0.1, 0.15) is 6.42 Å². The molecule has 2 N–H and O–H groups in total. The molecule has 134 valence electrons. The molecule has 1 aromatic carbocycles. The van der Waals surface area contributed by atoms with Crippen molar-refractivity contribution < 1.29 is 27.4 Å². The van der Waals surface area contributed by atoms with Gasteiger partial charge in [-0.15, -0.1) is 0 Å². The van der Waals surface area contributed by atoms with E-state index in [1.807, 2.05) is 0 Å². The van der Waals surface area contributed by atoms with E-state index in [2.05, 4.69) is 10.0 Å². The largest absolute Gasteiger partial charge is 0.482 e. The summed E-state index contributed by atoms with van der Waals surface area (Å²) in [5.74, 6) is -0.0527. The van der Waals surface area contributed by atoms with Crippen molar-refractivity contribution in [3.05, 3.63) is 17.2 Å². The number of carbonyl (C=O) groups is 1. The number of benzene rings is 1. The first-order valence-electron chi connectivity index (χ1n) is 7.26. The number of carbonyl (C=O) groups excluding carboxylic acids is 1. The highest BCUT2D eigenvalue weighted by Crippen LogP contribution is 2.35. The number of hydrogen-bond acceptors (Lipinski definition) is 6. The molecule has 0 aliphatic carbocycles. The minimum Gasteiger partial charge on any atom is -0.482 e. The summed E-state index contributed by atoms with van der Waals surface area (Å²) in [7, 11) is -2.21. The summed E-state index contributed by atoms with van der Waals surface area (Å²) < 4.78 is 42.4. The predicted octanol–water partition coefficient (Wildman–Crippen LogP) is 1.00. The molecular formula is C14H19ClN2O6S. The van der Waals surface area contributed by atoms with Gasteiger partial charge in [-0.1, -0.05) is 11.6 Å². The van der Waals surface area contributed by atoms with Crippen molar-refractivity contribution in [2.24, 2.45) is 0 Å². The number of anilines is 1. The van der Waals surface area contributed by atoms with Gasteiger partial charge >= 0.3 is 0 Å². The Bertz CT molecular complexity index is 695. The number of sulfonamides is 1. The third-order valence-electron chi connectivity index (χ3n) is 3.15. The van der Waals surface area contributed by atoms with Gasteiger partial charge in [0, 0.05) is 26.3 Å². The van der Waals surface area contributed by atoms with Crippen LogP contribution in [0.25, 0.3) is 0 Å². The molecule has 1 heterocycles. The molecule has 0 bridgehead atoms. The van der Waals surface area contributed by atoms with E-state index in [1.165, 1.54) is 12.1 Å². The van der Waals surface area contributed by atoms with Crippen LogP contribution in [-0.4, -0.2) is 54.4 Å². The van der Waals surface area contributed by atoms with Crippen molar-refractivity contribution in [1.29, 1.82) is 0 Å². The number of fused-ring (bicyclic) bond motifs is 1. The molecule has 0 aromatic heterocycles. The first-order chi connectivity index (χ1) is 11.4. The van der Waals surface area contributed by atoms with Gasteiger partial charge in [-0.05, 0) is 12.5 Å². The van der Waals surface area contributed by atoms with Crippen LogP contribution in [0.3, 0.4) is 0 Å². The Morgan fingerprint density at radius 1 is 1.33 bits per heavy atom. The normalized spacial score (nSPS) is 14.0. The molecule has 1 aliphatic rings. The van der Waals surface area contributed by atoms with E-state index in [0.29, 0.717) is 31.9 Å². The minimum atomic E-state index is -3.79. The Morgan fingerprint density at radius 3 is 2.88 bits per heavy atom. The van der Waals surface area contributed by atoms with Crippen LogP contribution in [0, 0.1) is 0 Å². The summed E-state index contributed by atoms with van der Waals surface area (Å²) in [6, 6.07) is 2.66. The molecule has 1 aromatic rings. The quantitative estimate of drug-likeness (QED) is 0.621. The Morgan fingerprint density at radius 2 is 2.12 bits per heavy atom. The van der Waals surface area contributed by atoms with Gasteiger partial charge in [0.15, 0.2) is 6.61 Å². The third kappa shape index (κ3) is 5.05. The van der Waals surface area contributed by atoms with Gasteiger partial charge in [-0.2, -0.15) is 0 Å². The van der Waals surface area contributed by atoms with E-state index in [9.17, 15) is 13.2 Å². The predicted molar refractivity (Wildman–Crippen MR) is 88.1 cm³/mol. The fraction of sp³-hybridized carbons (Fsp3) is 0.500. The Hall–Kier alpha value is -1.39. The lowest BCUT2D eigenvalue weighted by atomic mass is 10.2. The molecule has 0 unspecified atom stereocenters. The first kappa shape index (κ1) is 18.9. The van der Waals surface area contributed by atoms with E-state index in [1.54, 1.807) is 7.11 Å². The second-order valence-corrected chi connectivity index (χ2v) is 7.11. The van der Waals surface area contributed by atoms with Crippen molar-refractivity contribution in [2.75, 3.05) is 45.4 Å². The van der Waals surface area contributed by atoms with E-state index in [4.69, 9.17) is 25.8 Å². The van der Waals surface area contributed by atoms with Crippen molar-refractivity contribution in [2.45, 2.75) is 11.3 Å². The highest BCUT2D eigenvalue weighted by atomic mass is 35.5. The Kier molecular flexibility index (Phi) is 6.81. The molecule has 0 saturated carbocycles. The molecule has 0 saturated heterocycles. The average molecular weight is 379 g/mol. The lowest BCUT2D eigenvalue weighted by molar-refractivity contribution is -0.118. The molecule has 2 rings (SSSR count). The highest BCUT2D eigenvalue weighted by molar-refractivity contribution is 7.89. The maximum absolute atomic E-state index is 12.3. The zero-order chi connectivity index (χ0) is 17.6. The zero-order valence-corrected chi connectivity index (χ0v) is 14.7. The molecule has 0 atom stereocenters. The highest BCUT2D eigenvalue weighted by Gasteiger charge is 2.24. The summed E-state index contributed by atoms with van der Waals surface area (Å²) >= 11 is 6.03. The second kappa shape index (κ2) is 8.63. The summed E-state index contributed by atoms with van der Waals surface area (Å²) in [5.41, 5.74) is 0.349. The van der Waals surface area contributed by atoms with Gasteiger partial charge in [0.25, 0.3) is 5.91 Å². The number of hydrogen-bond donors (Lipinski definition) is 2. The molecule has 0 fully saturated rings. The van der Waals surface area contributed by atoms with Gasteiger partial charge in [-0.3, -0.25) is 4.79 Å². The molecule has 1 amide bonds. The van der Waals surface area contributed by atoms with Gasteiger partial charge in [0.2, 0.25) is 10.0 Å². The Balaban J connectivity index is 1.95. The van der Waals surface area contributed by atoms with Crippen molar-refractivity contribution in [3.8, 4) is 5.75 Å². The smallest absolute Gasteiger partial charge is 0.262 e. The summed E-state index contributed by atoms with van der Waals surface area (Å²) in [4.78, 5) is 11.2. The molecule has 1 aliphatic heterocycles. The maximum Gasteiger partial charge on any atom is 0.262 e. The fourth-order valence-electron chi connectivity index (χ4n) is 1.99. The number of ether oxygens (including phenoxy) is 3. The van der Waals surface area contributed by atoms with Crippen LogP contribution in [0.4, 0.5) is 5.69 Å². The third-order valence-corrected chi connectivity index (χ3v) is 5.07. The molecule has 0 spiro atoms. The monoisotopic (exact) mass is 378 g/mol.